The van der Waals surface area contributed by atoms with Crippen molar-refractivity contribution in [1.29, 1.82) is 0 Å². The summed E-state index contributed by atoms with van der Waals surface area (Å²) in [7, 11) is 0. The molecule has 0 bridgehead atoms. The van der Waals surface area contributed by atoms with Gasteiger partial charge in [-0.15, -0.1) is 10.2 Å². The van der Waals surface area contributed by atoms with Gasteiger partial charge in [0.2, 0.25) is 5.91 Å². The van der Waals surface area contributed by atoms with Crippen molar-refractivity contribution < 1.29 is 9.32 Å². The van der Waals surface area contributed by atoms with Gasteiger partial charge < -0.3 is 14.0 Å². The van der Waals surface area contributed by atoms with Crippen LogP contribution < -0.4 is 0 Å². The number of nitrogens with zero attached hydrogens (tertiary/aromatic N) is 5. The molecular weight excluding hydrogens is 306 g/mol. The molecule has 7 nitrogen and oxygen atoms in total. The zero-order chi connectivity index (χ0) is 16.7. The molecule has 1 aliphatic carbocycles. The Morgan fingerprint density at radius 3 is 2.88 bits per heavy atom. The summed E-state index contributed by atoms with van der Waals surface area (Å²) in [6.07, 6.45) is 6.44. The minimum absolute atomic E-state index is 0.207. The third-order valence-corrected chi connectivity index (χ3v) is 5.22. The van der Waals surface area contributed by atoms with Crippen molar-refractivity contribution in [3.63, 3.8) is 0 Å². The van der Waals surface area contributed by atoms with Crippen LogP contribution in [0.25, 0.3) is 0 Å². The van der Waals surface area contributed by atoms with Crippen LogP contribution in [0.3, 0.4) is 0 Å². The van der Waals surface area contributed by atoms with E-state index in [-0.39, 0.29) is 5.91 Å². The zero-order valence-corrected chi connectivity index (χ0v) is 14.2. The molecule has 1 amide bonds. The Hall–Kier alpha value is -2.18. The van der Waals surface area contributed by atoms with E-state index in [1.54, 1.807) is 0 Å². The van der Waals surface area contributed by atoms with E-state index in [9.17, 15) is 4.79 Å². The van der Waals surface area contributed by atoms with Crippen molar-refractivity contribution in [2.75, 3.05) is 13.1 Å². The molecule has 2 aromatic heterocycles. The van der Waals surface area contributed by atoms with Crippen molar-refractivity contribution >= 4 is 5.91 Å². The first-order chi connectivity index (χ1) is 11.6. The first-order valence-electron chi connectivity index (χ1n) is 8.72. The number of amides is 1. The normalized spacial score (nSPS) is 20.8. The highest BCUT2D eigenvalue weighted by atomic mass is 16.5. The average molecular weight is 329 g/mol. The predicted molar refractivity (Wildman–Crippen MR) is 86.5 cm³/mol. The molecule has 1 atom stereocenters. The lowest BCUT2D eigenvalue weighted by Crippen LogP contribution is -2.29. The third-order valence-electron chi connectivity index (χ3n) is 5.22. The van der Waals surface area contributed by atoms with Crippen LogP contribution in [0.5, 0.6) is 0 Å². The van der Waals surface area contributed by atoms with Crippen LogP contribution in [0.1, 0.15) is 60.5 Å². The van der Waals surface area contributed by atoms with Gasteiger partial charge in [0.15, 0.2) is 0 Å². The Labute approximate surface area is 141 Å². The lowest BCUT2D eigenvalue weighted by atomic mass is 10.1. The molecule has 2 aliphatic rings. The van der Waals surface area contributed by atoms with E-state index in [1.165, 1.54) is 12.8 Å². The molecule has 2 aromatic rings. The number of carbonyl (C=O) groups excluding carboxylic acids is 1. The Bertz CT molecular complexity index is 726. The number of aryl methyl sites for hydroxylation is 2. The van der Waals surface area contributed by atoms with E-state index in [0.29, 0.717) is 24.8 Å². The number of rotatable bonds is 5. The fourth-order valence-electron chi connectivity index (χ4n) is 3.61. The van der Waals surface area contributed by atoms with Crippen molar-refractivity contribution in [3.8, 4) is 0 Å². The van der Waals surface area contributed by atoms with Gasteiger partial charge in [0.05, 0.1) is 11.7 Å². The van der Waals surface area contributed by atoms with E-state index < -0.39 is 0 Å². The van der Waals surface area contributed by atoms with Gasteiger partial charge in [-0.1, -0.05) is 5.16 Å². The summed E-state index contributed by atoms with van der Waals surface area (Å²) in [5.74, 6) is 2.71. The van der Waals surface area contributed by atoms with E-state index in [4.69, 9.17) is 4.52 Å². The highest BCUT2D eigenvalue weighted by Crippen LogP contribution is 2.40. The molecule has 1 saturated carbocycles. The summed E-state index contributed by atoms with van der Waals surface area (Å²) in [6, 6.07) is 0.318. The highest BCUT2D eigenvalue weighted by molar-refractivity contribution is 5.76. The Kier molecular flexibility index (Phi) is 3.86. The standard InChI is InChI=1S/C17H23N5O2/c1-11-15(12(2)24-20-11)5-6-16(23)21-8-7-14(9-21)22-10-18-19-17(22)13-3-4-13/h10,13-14H,3-9H2,1-2H3. The molecule has 0 N–H and O–H groups in total. The van der Waals surface area contributed by atoms with Gasteiger partial charge in [-0.3, -0.25) is 4.79 Å². The Morgan fingerprint density at radius 2 is 2.17 bits per heavy atom. The summed E-state index contributed by atoms with van der Waals surface area (Å²) >= 11 is 0. The molecule has 1 unspecified atom stereocenters. The quantitative estimate of drug-likeness (QED) is 0.840. The number of aromatic nitrogens is 4. The van der Waals surface area contributed by atoms with Gasteiger partial charge in [0.25, 0.3) is 0 Å². The van der Waals surface area contributed by atoms with Crippen LogP contribution in [-0.4, -0.2) is 43.8 Å². The van der Waals surface area contributed by atoms with Gasteiger partial charge in [-0.2, -0.15) is 0 Å². The summed E-state index contributed by atoms with van der Waals surface area (Å²) in [5.41, 5.74) is 1.95. The highest BCUT2D eigenvalue weighted by Gasteiger charge is 2.34. The van der Waals surface area contributed by atoms with Crippen molar-refractivity contribution in [2.24, 2.45) is 0 Å². The second-order valence-corrected chi connectivity index (χ2v) is 6.96. The largest absolute Gasteiger partial charge is 0.361 e. The van der Waals surface area contributed by atoms with Gasteiger partial charge in [0, 0.05) is 31.0 Å². The Morgan fingerprint density at radius 1 is 1.33 bits per heavy atom. The number of hydrogen-bond acceptors (Lipinski definition) is 5. The van der Waals surface area contributed by atoms with Crippen LogP contribution in [-0.2, 0) is 11.2 Å². The van der Waals surface area contributed by atoms with E-state index in [0.717, 1.165) is 42.4 Å². The summed E-state index contributed by atoms with van der Waals surface area (Å²) in [6.45, 7) is 5.40. The summed E-state index contributed by atoms with van der Waals surface area (Å²) < 4.78 is 7.36. The first kappa shape index (κ1) is 15.4. The third kappa shape index (κ3) is 2.83. The molecule has 3 heterocycles. The van der Waals surface area contributed by atoms with Crippen molar-refractivity contribution in [3.05, 3.63) is 29.2 Å². The minimum Gasteiger partial charge on any atom is -0.361 e. The van der Waals surface area contributed by atoms with E-state index in [2.05, 4.69) is 19.9 Å². The van der Waals surface area contributed by atoms with Gasteiger partial charge >= 0.3 is 0 Å². The summed E-state index contributed by atoms with van der Waals surface area (Å²) in [4.78, 5) is 14.5. The molecule has 0 aromatic carbocycles. The maximum absolute atomic E-state index is 12.5. The fourth-order valence-corrected chi connectivity index (χ4v) is 3.61. The maximum atomic E-state index is 12.5. The van der Waals surface area contributed by atoms with Crippen LogP contribution in [0.4, 0.5) is 0 Å². The number of carbonyl (C=O) groups is 1. The van der Waals surface area contributed by atoms with Crippen LogP contribution in [0.2, 0.25) is 0 Å². The van der Waals surface area contributed by atoms with Crippen LogP contribution in [0, 0.1) is 13.8 Å². The lowest BCUT2D eigenvalue weighted by Gasteiger charge is -2.18. The predicted octanol–water partition coefficient (Wildman–Crippen LogP) is 2.17. The van der Waals surface area contributed by atoms with Crippen molar-refractivity contribution in [1.82, 2.24) is 24.8 Å². The minimum atomic E-state index is 0.207. The Balaban J connectivity index is 1.36. The molecular formula is C17H23N5O2. The SMILES string of the molecule is Cc1noc(C)c1CCC(=O)N1CCC(n2cnnc2C2CC2)C1. The van der Waals surface area contributed by atoms with Gasteiger partial charge in [-0.05, 0) is 39.5 Å². The topological polar surface area (TPSA) is 77.0 Å². The van der Waals surface area contributed by atoms with E-state index >= 15 is 0 Å². The molecule has 1 aliphatic heterocycles. The lowest BCUT2D eigenvalue weighted by molar-refractivity contribution is -0.130. The smallest absolute Gasteiger partial charge is 0.222 e. The summed E-state index contributed by atoms with van der Waals surface area (Å²) in [5, 5.41) is 12.3. The molecule has 0 spiro atoms. The van der Waals surface area contributed by atoms with Gasteiger partial charge in [0.1, 0.15) is 17.9 Å². The second kappa shape index (κ2) is 6.03. The molecule has 4 rings (SSSR count). The number of likely N-dealkylation sites (tertiary alicyclic amines) is 1. The first-order valence-corrected chi connectivity index (χ1v) is 8.72. The molecule has 2 fully saturated rings. The molecule has 1 saturated heterocycles. The molecule has 7 heteroatoms. The average Bonchev–Trinajstić information content (AvgIpc) is 2.99. The molecule has 0 radical (unpaired) electrons. The zero-order valence-electron chi connectivity index (χ0n) is 14.2. The van der Waals surface area contributed by atoms with E-state index in [1.807, 2.05) is 25.1 Å². The molecule has 128 valence electrons. The van der Waals surface area contributed by atoms with Crippen molar-refractivity contribution in [2.45, 2.75) is 57.9 Å². The second-order valence-electron chi connectivity index (χ2n) is 6.96. The molecule has 24 heavy (non-hydrogen) atoms. The maximum Gasteiger partial charge on any atom is 0.222 e. The van der Waals surface area contributed by atoms with Gasteiger partial charge in [-0.25, -0.2) is 0 Å². The fraction of sp³-hybridized carbons (Fsp3) is 0.647. The number of hydrogen-bond donors (Lipinski definition) is 0. The van der Waals surface area contributed by atoms with Crippen LogP contribution >= 0.6 is 0 Å². The monoisotopic (exact) mass is 329 g/mol. The van der Waals surface area contributed by atoms with Crippen LogP contribution in [0.15, 0.2) is 10.9 Å².